The molecule has 1 atom stereocenters. The van der Waals surface area contributed by atoms with Gasteiger partial charge in [0.05, 0.1) is 23.9 Å². The summed E-state index contributed by atoms with van der Waals surface area (Å²) in [5.41, 5.74) is 2.26. The summed E-state index contributed by atoms with van der Waals surface area (Å²) in [5, 5.41) is 2.66. The molecule has 0 radical (unpaired) electrons. The number of benzene rings is 2. The van der Waals surface area contributed by atoms with Crippen molar-refractivity contribution in [2.45, 2.75) is 18.8 Å². The summed E-state index contributed by atoms with van der Waals surface area (Å²) in [6.45, 7) is 0. The molecule has 0 fully saturated rings. The smallest absolute Gasteiger partial charge is 0.261 e. The number of ether oxygens (including phenoxy) is 1. The summed E-state index contributed by atoms with van der Waals surface area (Å²) < 4.78 is 18.4. The summed E-state index contributed by atoms with van der Waals surface area (Å²) in [4.78, 5) is 33.6. The highest BCUT2D eigenvalue weighted by Gasteiger charge is 2.28. The number of rotatable bonds is 4. The van der Waals surface area contributed by atoms with E-state index in [4.69, 9.17) is 4.74 Å². The number of para-hydroxylation sites is 1. The van der Waals surface area contributed by atoms with Crippen LogP contribution < -0.4 is 10.1 Å². The molecule has 4 rings (SSSR count). The van der Waals surface area contributed by atoms with E-state index in [9.17, 15) is 14.0 Å². The Morgan fingerprint density at radius 1 is 1.14 bits per heavy atom. The van der Waals surface area contributed by atoms with Crippen molar-refractivity contribution in [3.63, 3.8) is 0 Å². The fourth-order valence-corrected chi connectivity index (χ4v) is 3.48. The number of nitrogens with zero attached hydrogens (tertiary/aromatic N) is 2. The average molecular weight is 391 g/mol. The molecule has 1 aliphatic rings. The Balaban J connectivity index is 1.58. The van der Waals surface area contributed by atoms with Crippen molar-refractivity contribution in [1.82, 2.24) is 9.97 Å². The second-order valence-electron chi connectivity index (χ2n) is 6.79. The number of hydrogen-bond donors (Lipinski definition) is 1. The maximum atomic E-state index is 13.2. The minimum atomic E-state index is -0.403. The van der Waals surface area contributed by atoms with E-state index in [2.05, 4.69) is 15.3 Å². The minimum Gasteiger partial charge on any atom is -0.496 e. The Bertz CT molecular complexity index is 1080. The van der Waals surface area contributed by atoms with Gasteiger partial charge in [-0.15, -0.1) is 0 Å². The number of anilines is 1. The van der Waals surface area contributed by atoms with E-state index >= 15 is 0 Å². The van der Waals surface area contributed by atoms with Crippen LogP contribution in [0.3, 0.4) is 0 Å². The molecular weight excluding hydrogens is 373 g/mol. The third kappa shape index (κ3) is 3.85. The van der Waals surface area contributed by atoms with Crippen LogP contribution in [0.25, 0.3) is 0 Å². The number of fused-ring (bicyclic) bond motifs is 1. The Labute approximate surface area is 166 Å². The van der Waals surface area contributed by atoms with Gasteiger partial charge in [0.1, 0.15) is 11.6 Å². The number of amides is 1. The summed E-state index contributed by atoms with van der Waals surface area (Å²) in [6.07, 6.45) is 2.27. The molecule has 1 heterocycles. The number of carbonyl (C=O) groups excluding carboxylic acids is 2. The van der Waals surface area contributed by atoms with E-state index in [1.54, 1.807) is 36.4 Å². The van der Waals surface area contributed by atoms with Gasteiger partial charge in [-0.2, -0.15) is 0 Å². The molecule has 0 saturated heterocycles. The lowest BCUT2D eigenvalue weighted by atomic mass is 9.82. The fraction of sp³-hybridized carbons (Fsp3) is 0.182. The molecule has 7 heteroatoms. The number of nitrogens with one attached hydrogen (secondary N) is 1. The Hall–Kier alpha value is -3.61. The van der Waals surface area contributed by atoms with Gasteiger partial charge in [0.2, 0.25) is 5.95 Å². The highest BCUT2D eigenvalue weighted by atomic mass is 19.1. The van der Waals surface area contributed by atoms with Crippen LogP contribution in [0.15, 0.2) is 54.7 Å². The van der Waals surface area contributed by atoms with Crippen LogP contribution in [-0.4, -0.2) is 28.8 Å². The zero-order valence-corrected chi connectivity index (χ0v) is 15.7. The maximum absolute atomic E-state index is 13.2. The summed E-state index contributed by atoms with van der Waals surface area (Å²) in [7, 11) is 1.49. The molecule has 1 amide bonds. The van der Waals surface area contributed by atoms with E-state index in [1.807, 2.05) is 0 Å². The Kier molecular flexibility index (Phi) is 5.03. The number of hydrogen-bond acceptors (Lipinski definition) is 5. The van der Waals surface area contributed by atoms with Gasteiger partial charge in [-0.05, 0) is 42.2 Å². The first kappa shape index (κ1) is 18.7. The molecule has 0 unspecified atom stereocenters. The molecule has 1 N–H and O–H groups in total. The van der Waals surface area contributed by atoms with Gasteiger partial charge in [0.25, 0.3) is 5.91 Å². The van der Waals surface area contributed by atoms with Crippen LogP contribution in [0.2, 0.25) is 0 Å². The third-order valence-electron chi connectivity index (χ3n) is 4.96. The first-order chi connectivity index (χ1) is 14.0. The van der Waals surface area contributed by atoms with Crippen molar-refractivity contribution in [3.8, 4) is 5.75 Å². The van der Waals surface area contributed by atoms with Gasteiger partial charge >= 0.3 is 0 Å². The van der Waals surface area contributed by atoms with Crippen LogP contribution in [0.1, 0.15) is 44.3 Å². The predicted molar refractivity (Wildman–Crippen MR) is 105 cm³/mol. The maximum Gasteiger partial charge on any atom is 0.261 e. The SMILES string of the molecule is COc1ccccc1C(=O)Nc1ncc2c(n1)C[C@H](c1ccc(F)cc1)CC2=O. The van der Waals surface area contributed by atoms with Crippen molar-refractivity contribution < 1.29 is 18.7 Å². The molecule has 146 valence electrons. The summed E-state index contributed by atoms with van der Waals surface area (Å²) >= 11 is 0. The first-order valence-electron chi connectivity index (χ1n) is 9.14. The topological polar surface area (TPSA) is 81.2 Å². The monoisotopic (exact) mass is 391 g/mol. The largest absolute Gasteiger partial charge is 0.496 e. The third-order valence-corrected chi connectivity index (χ3v) is 4.96. The van der Waals surface area contributed by atoms with E-state index in [1.165, 1.54) is 25.4 Å². The zero-order chi connectivity index (χ0) is 20.4. The van der Waals surface area contributed by atoms with E-state index in [0.29, 0.717) is 35.4 Å². The molecule has 0 aliphatic heterocycles. The Morgan fingerprint density at radius 2 is 1.90 bits per heavy atom. The second kappa shape index (κ2) is 7.79. The molecule has 6 nitrogen and oxygen atoms in total. The van der Waals surface area contributed by atoms with Gasteiger partial charge < -0.3 is 4.74 Å². The van der Waals surface area contributed by atoms with Crippen LogP contribution >= 0.6 is 0 Å². The van der Waals surface area contributed by atoms with Crippen molar-refractivity contribution in [2.75, 3.05) is 12.4 Å². The van der Waals surface area contributed by atoms with Crippen molar-refractivity contribution in [2.24, 2.45) is 0 Å². The number of ketones is 1. The zero-order valence-electron chi connectivity index (χ0n) is 15.7. The van der Waals surface area contributed by atoms with Gasteiger partial charge in [-0.25, -0.2) is 14.4 Å². The molecule has 1 aromatic heterocycles. The minimum absolute atomic E-state index is 0.0665. The second-order valence-corrected chi connectivity index (χ2v) is 6.79. The van der Waals surface area contributed by atoms with E-state index in [0.717, 1.165) is 5.56 Å². The molecule has 0 saturated carbocycles. The first-order valence-corrected chi connectivity index (χ1v) is 9.14. The van der Waals surface area contributed by atoms with Gasteiger partial charge in [-0.3, -0.25) is 14.9 Å². The average Bonchev–Trinajstić information content (AvgIpc) is 2.74. The standard InChI is InChI=1S/C22H18FN3O3/c1-29-20-5-3-2-4-16(20)21(28)26-22-24-12-17-18(25-22)10-14(11-19(17)27)13-6-8-15(23)9-7-13/h2-9,12,14H,10-11H2,1H3,(H,24,25,26,28)/t14-/m0/s1. The van der Waals surface area contributed by atoms with Crippen molar-refractivity contribution in [1.29, 1.82) is 0 Å². The van der Waals surface area contributed by atoms with Crippen molar-refractivity contribution in [3.05, 3.63) is 82.9 Å². The lowest BCUT2D eigenvalue weighted by Gasteiger charge is -2.23. The number of halogens is 1. The quantitative estimate of drug-likeness (QED) is 0.732. The number of aromatic nitrogens is 2. The van der Waals surface area contributed by atoms with Gasteiger partial charge in [0.15, 0.2) is 5.78 Å². The number of carbonyl (C=O) groups is 2. The molecule has 3 aromatic rings. The van der Waals surface area contributed by atoms with Crippen LogP contribution in [-0.2, 0) is 6.42 Å². The Morgan fingerprint density at radius 3 is 2.66 bits per heavy atom. The van der Waals surface area contributed by atoms with Crippen LogP contribution in [0, 0.1) is 5.82 Å². The van der Waals surface area contributed by atoms with E-state index < -0.39 is 5.91 Å². The molecule has 29 heavy (non-hydrogen) atoms. The molecule has 1 aliphatic carbocycles. The lowest BCUT2D eigenvalue weighted by molar-refractivity contribution is 0.0962. The summed E-state index contributed by atoms with van der Waals surface area (Å²) in [5.74, 6) is -0.326. The van der Waals surface area contributed by atoms with Gasteiger partial charge in [0, 0.05) is 12.6 Å². The predicted octanol–water partition coefficient (Wildman–Crippen LogP) is 3.79. The van der Waals surface area contributed by atoms with Crippen molar-refractivity contribution >= 4 is 17.6 Å². The lowest BCUT2D eigenvalue weighted by Crippen LogP contribution is -2.22. The summed E-state index contributed by atoms with van der Waals surface area (Å²) in [6, 6.07) is 13.0. The molecule has 0 bridgehead atoms. The highest BCUT2D eigenvalue weighted by Crippen LogP contribution is 2.32. The molecule has 0 spiro atoms. The van der Waals surface area contributed by atoms with Crippen LogP contribution in [0.5, 0.6) is 5.75 Å². The normalized spacial score (nSPS) is 15.5. The molecular formula is C22H18FN3O3. The highest BCUT2D eigenvalue weighted by molar-refractivity contribution is 6.05. The fourth-order valence-electron chi connectivity index (χ4n) is 3.48. The number of Topliss-reactive ketones (excluding diaryl/α,β-unsaturated/α-hetero) is 1. The van der Waals surface area contributed by atoms with Crippen LogP contribution in [0.4, 0.5) is 10.3 Å². The number of methoxy groups -OCH3 is 1. The van der Waals surface area contributed by atoms with E-state index in [-0.39, 0.29) is 23.5 Å². The molecule has 2 aromatic carbocycles. The van der Waals surface area contributed by atoms with Gasteiger partial charge in [-0.1, -0.05) is 24.3 Å².